The zero-order chi connectivity index (χ0) is 52.7. The molecule has 0 bridgehead atoms. The van der Waals surface area contributed by atoms with Gasteiger partial charge in [0.15, 0.2) is 12.2 Å². The minimum Gasteiger partial charge on any atom is -0.462 e. The molecule has 0 saturated heterocycles. The number of unbranched alkanes of at least 4 members (excludes halogenated alkanes) is 27. The largest absolute Gasteiger partial charge is 0.472 e. The van der Waals surface area contributed by atoms with Crippen molar-refractivity contribution >= 4 is 39.5 Å². The first-order chi connectivity index (χ1) is 34.2. The van der Waals surface area contributed by atoms with Crippen molar-refractivity contribution in [3.8, 4) is 0 Å². The van der Waals surface area contributed by atoms with Gasteiger partial charge in [-0.25, -0.2) is 9.13 Å². The maximum Gasteiger partial charge on any atom is 0.472 e. The number of ether oxygens (including phenoxy) is 4. The normalized spacial score (nSPS) is 14.5. The molecule has 3 N–H and O–H groups in total. The Bertz CT molecular complexity index is 1400. The van der Waals surface area contributed by atoms with E-state index in [4.69, 9.17) is 37.0 Å². The van der Waals surface area contributed by atoms with Crippen LogP contribution in [0.1, 0.15) is 252 Å². The van der Waals surface area contributed by atoms with Crippen molar-refractivity contribution in [2.24, 2.45) is 0 Å². The Morgan fingerprint density at radius 3 is 0.859 bits per heavy atom. The van der Waals surface area contributed by atoms with Crippen molar-refractivity contribution < 1.29 is 80.2 Å². The number of hydrogen-bond donors (Lipinski definition) is 3. The van der Waals surface area contributed by atoms with Gasteiger partial charge in [0.2, 0.25) is 0 Å². The smallest absolute Gasteiger partial charge is 0.462 e. The molecule has 0 heterocycles. The zero-order valence-electron chi connectivity index (χ0n) is 44.7. The fourth-order valence-electron chi connectivity index (χ4n) is 7.51. The lowest BCUT2D eigenvalue weighted by atomic mass is 10.0. The van der Waals surface area contributed by atoms with E-state index in [1.807, 2.05) is 6.92 Å². The van der Waals surface area contributed by atoms with Crippen molar-refractivity contribution in [3.63, 3.8) is 0 Å². The molecule has 0 rings (SSSR count). The Hall–Kier alpha value is -1.94. The minimum absolute atomic E-state index is 0.0895. The van der Waals surface area contributed by atoms with E-state index in [-0.39, 0.29) is 25.7 Å². The molecule has 420 valence electrons. The maximum atomic E-state index is 12.8. The van der Waals surface area contributed by atoms with E-state index in [1.54, 1.807) is 0 Å². The molecule has 0 aromatic rings. The lowest BCUT2D eigenvalue weighted by Crippen LogP contribution is -2.30. The molecular weight excluding hydrogens is 959 g/mol. The van der Waals surface area contributed by atoms with E-state index < -0.39 is 97.5 Å². The molecule has 17 nitrogen and oxygen atoms in total. The summed E-state index contributed by atoms with van der Waals surface area (Å²) in [6.45, 7) is 4.53. The summed E-state index contributed by atoms with van der Waals surface area (Å²) in [6, 6.07) is 0. The monoisotopic (exact) mass is 1060 g/mol. The van der Waals surface area contributed by atoms with E-state index in [1.165, 1.54) is 83.5 Å². The quantitative estimate of drug-likeness (QED) is 0.0222. The molecule has 19 heteroatoms. The molecule has 0 aromatic carbocycles. The third-order valence-electron chi connectivity index (χ3n) is 11.9. The van der Waals surface area contributed by atoms with Gasteiger partial charge in [-0.2, -0.15) is 0 Å². The molecule has 2 unspecified atom stereocenters. The number of rotatable bonds is 53. The van der Waals surface area contributed by atoms with Crippen LogP contribution in [0.2, 0.25) is 0 Å². The third kappa shape index (κ3) is 47.5. The van der Waals surface area contributed by atoms with Crippen molar-refractivity contribution in [1.29, 1.82) is 0 Å². The van der Waals surface area contributed by atoms with Gasteiger partial charge < -0.3 is 33.8 Å². The second-order valence-electron chi connectivity index (χ2n) is 18.9. The molecule has 0 saturated carbocycles. The first-order valence-electron chi connectivity index (χ1n) is 27.8. The van der Waals surface area contributed by atoms with Crippen molar-refractivity contribution in [3.05, 3.63) is 0 Å². The Labute approximate surface area is 428 Å². The van der Waals surface area contributed by atoms with Crippen LogP contribution >= 0.6 is 15.6 Å². The van der Waals surface area contributed by atoms with E-state index in [0.717, 1.165) is 89.9 Å². The first-order valence-corrected chi connectivity index (χ1v) is 30.8. The van der Waals surface area contributed by atoms with Gasteiger partial charge in [-0.1, -0.05) is 201 Å². The van der Waals surface area contributed by atoms with E-state index in [9.17, 15) is 43.2 Å². The molecular formula is C52H100O17P2. The lowest BCUT2D eigenvalue weighted by molar-refractivity contribution is -0.161. The highest BCUT2D eigenvalue weighted by Crippen LogP contribution is 2.45. The van der Waals surface area contributed by atoms with Crippen LogP contribution < -0.4 is 0 Å². The van der Waals surface area contributed by atoms with Crippen molar-refractivity contribution in [2.75, 3.05) is 39.6 Å². The van der Waals surface area contributed by atoms with Crippen LogP contribution in [0.5, 0.6) is 0 Å². The number of esters is 4. The standard InChI is InChI=1S/C52H100O17P2/c1-5-9-13-16-19-21-22-23-24-26-28-31-35-39-52(57)69-48(43-63-50(55)37-34-30-27-25-20-17-14-10-6-2)45-67-71(60,61)65-41-46(53)40-64-70(58,59)66-44-47(68-51(56)38-32-12-8-4)42-62-49(54)36-33-29-18-15-11-7-3/h46-48,53H,5-45H2,1-4H3,(H,58,59)(H,60,61)/t46-,47-,48-/m1/s1. The minimum atomic E-state index is -4.92. The number of aliphatic hydroxyl groups excluding tert-OH is 1. The summed E-state index contributed by atoms with van der Waals surface area (Å²) in [6.07, 6.45) is 29.0. The first kappa shape index (κ1) is 69.1. The summed E-state index contributed by atoms with van der Waals surface area (Å²) in [5.74, 6) is -2.18. The highest BCUT2D eigenvalue weighted by Gasteiger charge is 2.30. The predicted molar refractivity (Wildman–Crippen MR) is 275 cm³/mol. The van der Waals surface area contributed by atoms with Crippen LogP contribution in [0.15, 0.2) is 0 Å². The van der Waals surface area contributed by atoms with Crippen LogP contribution in [0.3, 0.4) is 0 Å². The Morgan fingerprint density at radius 2 is 0.563 bits per heavy atom. The van der Waals surface area contributed by atoms with Gasteiger partial charge in [0.05, 0.1) is 26.4 Å². The molecule has 0 radical (unpaired) electrons. The van der Waals surface area contributed by atoms with E-state index >= 15 is 0 Å². The second kappa shape index (κ2) is 47.8. The third-order valence-corrected chi connectivity index (χ3v) is 13.8. The van der Waals surface area contributed by atoms with Crippen LogP contribution in [0, 0.1) is 0 Å². The number of carbonyl (C=O) groups is 4. The lowest BCUT2D eigenvalue weighted by Gasteiger charge is -2.21. The van der Waals surface area contributed by atoms with Crippen LogP contribution in [-0.2, 0) is 65.4 Å². The molecule has 0 aliphatic heterocycles. The Balaban J connectivity index is 5.09. The van der Waals surface area contributed by atoms with Crippen molar-refractivity contribution in [2.45, 2.75) is 271 Å². The number of phosphoric ester groups is 2. The second-order valence-corrected chi connectivity index (χ2v) is 21.8. The Morgan fingerprint density at radius 1 is 0.338 bits per heavy atom. The van der Waals surface area contributed by atoms with Gasteiger partial charge in [-0.05, 0) is 25.7 Å². The molecule has 0 aromatic heterocycles. The average Bonchev–Trinajstić information content (AvgIpc) is 3.34. The van der Waals surface area contributed by atoms with Crippen LogP contribution in [-0.4, -0.2) is 96.7 Å². The number of aliphatic hydroxyl groups is 1. The summed E-state index contributed by atoms with van der Waals surface area (Å²) in [5.41, 5.74) is 0. The van der Waals surface area contributed by atoms with Gasteiger partial charge in [0.25, 0.3) is 0 Å². The average molecular weight is 1060 g/mol. The summed E-state index contributed by atoms with van der Waals surface area (Å²) in [5, 5.41) is 10.4. The van der Waals surface area contributed by atoms with Gasteiger partial charge in [-0.15, -0.1) is 0 Å². The summed E-state index contributed by atoms with van der Waals surface area (Å²) in [7, 11) is -9.83. The highest BCUT2D eigenvalue weighted by molar-refractivity contribution is 7.47. The fourth-order valence-corrected chi connectivity index (χ4v) is 9.09. The summed E-state index contributed by atoms with van der Waals surface area (Å²) in [4.78, 5) is 70.9. The molecule has 0 spiro atoms. The molecule has 0 aliphatic carbocycles. The van der Waals surface area contributed by atoms with Crippen LogP contribution in [0.4, 0.5) is 0 Å². The Kier molecular flexibility index (Phi) is 46.4. The zero-order valence-corrected chi connectivity index (χ0v) is 46.5. The SMILES string of the molecule is CCCCCCCCCCCCCCCC(=O)O[C@H](COC(=O)CCCCCCCCCCC)COP(=O)(O)OC[C@H](O)COP(=O)(O)OC[C@@H](COC(=O)CCCCCCCC)OC(=O)CCCCC. The molecule has 0 amide bonds. The maximum absolute atomic E-state index is 12.8. The van der Waals surface area contributed by atoms with Crippen molar-refractivity contribution in [1.82, 2.24) is 0 Å². The molecule has 0 aliphatic rings. The van der Waals surface area contributed by atoms with E-state index in [0.29, 0.717) is 25.7 Å². The molecule has 71 heavy (non-hydrogen) atoms. The van der Waals surface area contributed by atoms with Gasteiger partial charge in [0.1, 0.15) is 19.3 Å². The number of carbonyl (C=O) groups excluding carboxylic acids is 4. The van der Waals surface area contributed by atoms with Gasteiger partial charge in [-0.3, -0.25) is 37.3 Å². The highest BCUT2D eigenvalue weighted by atomic mass is 31.2. The van der Waals surface area contributed by atoms with E-state index in [2.05, 4.69) is 20.8 Å². The van der Waals surface area contributed by atoms with Gasteiger partial charge >= 0.3 is 39.5 Å². The summed E-state index contributed by atoms with van der Waals surface area (Å²) < 4.78 is 66.9. The fraction of sp³-hybridized carbons (Fsp3) is 0.923. The summed E-state index contributed by atoms with van der Waals surface area (Å²) >= 11 is 0. The van der Waals surface area contributed by atoms with Crippen LogP contribution in [0.25, 0.3) is 0 Å². The topological polar surface area (TPSA) is 237 Å². The number of phosphoric acid groups is 2. The predicted octanol–water partition coefficient (Wildman–Crippen LogP) is 13.3. The number of hydrogen-bond acceptors (Lipinski definition) is 15. The van der Waals surface area contributed by atoms with Gasteiger partial charge in [0, 0.05) is 25.7 Å². The molecule has 0 fully saturated rings. The molecule has 5 atom stereocenters.